The molecule has 0 aromatic heterocycles. The molecule has 0 bridgehead atoms. The van der Waals surface area contributed by atoms with Crippen LogP contribution in [0.15, 0.2) is 22.7 Å². The molecule has 0 fully saturated rings. The van der Waals surface area contributed by atoms with Crippen molar-refractivity contribution in [3.05, 3.63) is 33.8 Å². The zero-order chi connectivity index (χ0) is 13.7. The predicted molar refractivity (Wildman–Crippen MR) is 74.5 cm³/mol. The van der Waals surface area contributed by atoms with E-state index in [0.29, 0.717) is 16.6 Å². The molecule has 1 aromatic rings. The predicted octanol–water partition coefficient (Wildman–Crippen LogP) is 2.01. The van der Waals surface area contributed by atoms with Gasteiger partial charge in [-0.1, -0.05) is 11.6 Å². The van der Waals surface area contributed by atoms with Crippen molar-refractivity contribution in [3.63, 3.8) is 0 Å². The molecule has 0 saturated heterocycles. The van der Waals surface area contributed by atoms with Crippen molar-refractivity contribution in [2.45, 2.75) is 26.8 Å². The van der Waals surface area contributed by atoms with Crippen LogP contribution in [0.1, 0.15) is 29.8 Å². The molecule has 0 spiro atoms. The zero-order valence-electron chi connectivity index (χ0n) is 10.7. The van der Waals surface area contributed by atoms with E-state index in [4.69, 9.17) is 0 Å². The Morgan fingerprint density at radius 2 is 2.06 bits per heavy atom. The standard InChI is InChI=1S/C13H17BrN2O2/c1-4-15-12(17)9(3)16-13(18)10-7-8(2)5-6-11(10)14/h5-7,9H,4H2,1-3H3,(H,15,17)(H,16,18). The number of aryl methyl sites for hydroxylation is 1. The van der Waals surface area contributed by atoms with Gasteiger partial charge in [-0.05, 0) is 48.8 Å². The van der Waals surface area contributed by atoms with Gasteiger partial charge >= 0.3 is 0 Å². The van der Waals surface area contributed by atoms with Crippen LogP contribution < -0.4 is 10.6 Å². The maximum atomic E-state index is 12.0. The van der Waals surface area contributed by atoms with Gasteiger partial charge in [0.1, 0.15) is 6.04 Å². The molecule has 5 heteroatoms. The first-order chi connectivity index (χ1) is 8.45. The number of rotatable bonds is 4. The summed E-state index contributed by atoms with van der Waals surface area (Å²) in [6, 6.07) is 4.96. The molecule has 18 heavy (non-hydrogen) atoms. The third kappa shape index (κ3) is 3.84. The number of nitrogens with one attached hydrogen (secondary N) is 2. The van der Waals surface area contributed by atoms with Crippen molar-refractivity contribution in [1.82, 2.24) is 10.6 Å². The fraction of sp³-hybridized carbons (Fsp3) is 0.385. The lowest BCUT2D eigenvalue weighted by molar-refractivity contribution is -0.122. The maximum absolute atomic E-state index is 12.0. The van der Waals surface area contributed by atoms with Crippen molar-refractivity contribution in [2.75, 3.05) is 6.54 Å². The molecule has 1 unspecified atom stereocenters. The molecule has 1 rings (SSSR count). The largest absolute Gasteiger partial charge is 0.355 e. The van der Waals surface area contributed by atoms with E-state index in [-0.39, 0.29) is 11.8 Å². The Morgan fingerprint density at radius 3 is 2.67 bits per heavy atom. The van der Waals surface area contributed by atoms with Gasteiger partial charge in [0.05, 0.1) is 5.56 Å². The van der Waals surface area contributed by atoms with Gasteiger partial charge in [-0.3, -0.25) is 9.59 Å². The minimum absolute atomic E-state index is 0.186. The van der Waals surface area contributed by atoms with Crippen LogP contribution in [0.4, 0.5) is 0 Å². The van der Waals surface area contributed by atoms with Crippen LogP contribution in [0.5, 0.6) is 0 Å². The first-order valence-electron chi connectivity index (χ1n) is 5.80. The molecule has 0 aliphatic heterocycles. The summed E-state index contributed by atoms with van der Waals surface area (Å²) < 4.78 is 0.716. The van der Waals surface area contributed by atoms with E-state index in [9.17, 15) is 9.59 Å². The van der Waals surface area contributed by atoms with Crippen LogP contribution in [0.2, 0.25) is 0 Å². The lowest BCUT2D eigenvalue weighted by atomic mass is 10.1. The number of hydrogen-bond acceptors (Lipinski definition) is 2. The summed E-state index contributed by atoms with van der Waals surface area (Å²) in [7, 11) is 0. The van der Waals surface area contributed by atoms with Gasteiger partial charge in [0.15, 0.2) is 0 Å². The Labute approximate surface area is 115 Å². The molecule has 2 N–H and O–H groups in total. The van der Waals surface area contributed by atoms with Crippen LogP contribution in [0.25, 0.3) is 0 Å². The van der Waals surface area contributed by atoms with Crippen molar-refractivity contribution in [3.8, 4) is 0 Å². The molecule has 1 atom stereocenters. The van der Waals surface area contributed by atoms with Gasteiger partial charge in [0.25, 0.3) is 5.91 Å². The van der Waals surface area contributed by atoms with Crippen molar-refractivity contribution < 1.29 is 9.59 Å². The lowest BCUT2D eigenvalue weighted by Crippen LogP contribution is -2.44. The minimum atomic E-state index is -0.551. The summed E-state index contributed by atoms with van der Waals surface area (Å²) in [6.07, 6.45) is 0. The van der Waals surface area contributed by atoms with E-state index in [2.05, 4.69) is 26.6 Å². The number of hydrogen-bond donors (Lipinski definition) is 2. The minimum Gasteiger partial charge on any atom is -0.355 e. The van der Waals surface area contributed by atoms with Gasteiger partial charge in [-0.15, -0.1) is 0 Å². The van der Waals surface area contributed by atoms with E-state index in [1.807, 2.05) is 26.0 Å². The second-order valence-corrected chi connectivity index (χ2v) is 4.93. The molecular formula is C13H17BrN2O2. The Bertz CT molecular complexity index is 460. The normalized spacial score (nSPS) is 11.8. The molecule has 4 nitrogen and oxygen atoms in total. The van der Waals surface area contributed by atoms with Crippen molar-refractivity contribution in [1.29, 1.82) is 0 Å². The zero-order valence-corrected chi connectivity index (χ0v) is 12.3. The molecule has 0 saturated carbocycles. The number of carbonyl (C=O) groups excluding carboxylic acids is 2. The molecule has 0 radical (unpaired) electrons. The number of halogens is 1. The summed E-state index contributed by atoms with van der Waals surface area (Å²) in [5.41, 5.74) is 1.53. The van der Waals surface area contributed by atoms with Gasteiger partial charge in [0.2, 0.25) is 5.91 Å². The van der Waals surface area contributed by atoms with Crippen LogP contribution >= 0.6 is 15.9 Å². The van der Waals surface area contributed by atoms with Crippen molar-refractivity contribution >= 4 is 27.7 Å². The summed E-state index contributed by atoms with van der Waals surface area (Å²) in [6.45, 7) is 5.96. The van der Waals surface area contributed by atoms with Crippen LogP contribution in [-0.4, -0.2) is 24.4 Å². The number of likely N-dealkylation sites (N-methyl/N-ethyl adjacent to an activating group) is 1. The Morgan fingerprint density at radius 1 is 1.39 bits per heavy atom. The summed E-state index contributed by atoms with van der Waals surface area (Å²) >= 11 is 3.33. The van der Waals surface area contributed by atoms with E-state index < -0.39 is 6.04 Å². The van der Waals surface area contributed by atoms with Gasteiger partial charge in [-0.25, -0.2) is 0 Å². The number of carbonyl (C=O) groups is 2. The highest BCUT2D eigenvalue weighted by Gasteiger charge is 2.17. The molecule has 2 amide bonds. The fourth-order valence-corrected chi connectivity index (χ4v) is 1.91. The Balaban J connectivity index is 2.76. The second kappa shape index (κ2) is 6.54. The van der Waals surface area contributed by atoms with Gasteiger partial charge < -0.3 is 10.6 Å². The summed E-state index contributed by atoms with van der Waals surface area (Å²) in [5, 5.41) is 5.33. The highest BCUT2D eigenvalue weighted by atomic mass is 79.9. The van der Waals surface area contributed by atoms with E-state index >= 15 is 0 Å². The van der Waals surface area contributed by atoms with E-state index in [0.717, 1.165) is 5.56 Å². The average Bonchev–Trinajstić information content (AvgIpc) is 2.32. The quantitative estimate of drug-likeness (QED) is 0.893. The first-order valence-corrected chi connectivity index (χ1v) is 6.59. The molecular weight excluding hydrogens is 296 g/mol. The first kappa shape index (κ1) is 14.7. The average molecular weight is 313 g/mol. The number of benzene rings is 1. The third-order valence-electron chi connectivity index (χ3n) is 2.46. The topological polar surface area (TPSA) is 58.2 Å². The molecule has 0 heterocycles. The van der Waals surface area contributed by atoms with Gasteiger partial charge in [0, 0.05) is 11.0 Å². The monoisotopic (exact) mass is 312 g/mol. The second-order valence-electron chi connectivity index (χ2n) is 4.07. The molecule has 1 aromatic carbocycles. The van der Waals surface area contributed by atoms with E-state index in [1.54, 1.807) is 13.0 Å². The summed E-state index contributed by atoms with van der Waals surface area (Å²) in [4.78, 5) is 23.5. The van der Waals surface area contributed by atoms with Crippen LogP contribution in [0.3, 0.4) is 0 Å². The smallest absolute Gasteiger partial charge is 0.253 e. The van der Waals surface area contributed by atoms with E-state index in [1.165, 1.54) is 0 Å². The maximum Gasteiger partial charge on any atom is 0.253 e. The van der Waals surface area contributed by atoms with Crippen LogP contribution in [0, 0.1) is 6.92 Å². The number of amides is 2. The summed E-state index contributed by atoms with van der Waals surface area (Å²) in [5.74, 6) is -0.445. The molecule has 0 aliphatic rings. The SMILES string of the molecule is CCNC(=O)C(C)NC(=O)c1cc(C)ccc1Br. The molecule has 98 valence electrons. The highest BCUT2D eigenvalue weighted by Crippen LogP contribution is 2.18. The highest BCUT2D eigenvalue weighted by molar-refractivity contribution is 9.10. The van der Waals surface area contributed by atoms with Gasteiger partial charge in [-0.2, -0.15) is 0 Å². The Kier molecular flexibility index (Phi) is 5.34. The van der Waals surface area contributed by atoms with Crippen molar-refractivity contribution in [2.24, 2.45) is 0 Å². The van der Waals surface area contributed by atoms with Crippen LogP contribution in [-0.2, 0) is 4.79 Å². The third-order valence-corrected chi connectivity index (χ3v) is 3.15. The Hall–Kier alpha value is -1.36. The fourth-order valence-electron chi connectivity index (χ4n) is 1.48. The lowest BCUT2D eigenvalue weighted by Gasteiger charge is -2.14. The molecule has 0 aliphatic carbocycles.